The first-order chi connectivity index (χ1) is 18.9. The van der Waals surface area contributed by atoms with Gasteiger partial charge in [0.1, 0.15) is 24.6 Å². The van der Waals surface area contributed by atoms with Gasteiger partial charge in [-0.05, 0) is 49.1 Å². The van der Waals surface area contributed by atoms with Crippen molar-refractivity contribution in [2.75, 3.05) is 19.7 Å². The average molecular weight is 554 g/mol. The largest absolute Gasteiger partial charge is 0.545 e. The molecule has 0 radical (unpaired) electrons. The van der Waals surface area contributed by atoms with E-state index in [0.29, 0.717) is 23.7 Å². The highest BCUT2D eigenvalue weighted by molar-refractivity contribution is 6.30. The Balaban J connectivity index is 1.09. The Hall–Kier alpha value is -3.54. The van der Waals surface area contributed by atoms with E-state index >= 15 is 0 Å². The average Bonchev–Trinajstić information content (AvgIpc) is 3.50. The van der Waals surface area contributed by atoms with Crippen molar-refractivity contribution >= 4 is 28.6 Å². The number of carbonyl (C=O) groups excluding carboxylic acids is 1. The number of fused-ring (bicyclic) bond motifs is 1. The smallest absolute Gasteiger partial charge is 0.335 e. The molecule has 4 heterocycles. The van der Waals surface area contributed by atoms with E-state index in [1.54, 1.807) is 30.6 Å². The van der Waals surface area contributed by atoms with Crippen LogP contribution in [0.25, 0.3) is 11.0 Å². The van der Waals surface area contributed by atoms with Gasteiger partial charge in [-0.3, -0.25) is 4.90 Å². The number of benzene rings is 2. The summed E-state index contributed by atoms with van der Waals surface area (Å²) in [6, 6.07) is 9.73. The van der Waals surface area contributed by atoms with E-state index < -0.39 is 11.8 Å². The Morgan fingerprint density at radius 1 is 1.18 bits per heavy atom. The van der Waals surface area contributed by atoms with Crippen molar-refractivity contribution in [2.45, 2.75) is 51.1 Å². The number of piperidine rings is 1. The fourth-order valence-electron chi connectivity index (χ4n) is 5.08. The van der Waals surface area contributed by atoms with Crippen LogP contribution >= 0.6 is 11.6 Å². The van der Waals surface area contributed by atoms with Crippen molar-refractivity contribution < 1.29 is 23.8 Å². The topological polar surface area (TPSA) is 110 Å². The Labute approximate surface area is 228 Å². The van der Waals surface area contributed by atoms with Crippen molar-refractivity contribution in [1.29, 1.82) is 0 Å². The Kier molecular flexibility index (Phi) is 7.20. The SMILES string of the molecule is O=C([O-])c1ccc2nc(CN3CCC(n4cnc(OCc5ccc(Cl)cc5F)n4)CC3)n(C[C@@H]3CCO3)c2c1. The van der Waals surface area contributed by atoms with Crippen LogP contribution in [0, 0.1) is 5.82 Å². The van der Waals surface area contributed by atoms with E-state index in [1.807, 2.05) is 4.68 Å². The van der Waals surface area contributed by atoms with Gasteiger partial charge in [0.05, 0.1) is 42.2 Å². The first kappa shape index (κ1) is 25.7. The Morgan fingerprint density at radius 3 is 2.72 bits per heavy atom. The monoisotopic (exact) mass is 553 g/mol. The third-order valence-electron chi connectivity index (χ3n) is 7.40. The van der Waals surface area contributed by atoms with Gasteiger partial charge in [0, 0.05) is 30.3 Å². The lowest BCUT2D eigenvalue weighted by molar-refractivity contribution is -0.255. The summed E-state index contributed by atoms with van der Waals surface area (Å²) in [7, 11) is 0. The zero-order chi connectivity index (χ0) is 26.9. The first-order valence-electron chi connectivity index (χ1n) is 13.0. The highest BCUT2D eigenvalue weighted by atomic mass is 35.5. The molecule has 204 valence electrons. The Bertz CT molecular complexity index is 1490. The molecule has 0 saturated carbocycles. The molecule has 0 aliphatic carbocycles. The molecule has 1 atom stereocenters. The summed E-state index contributed by atoms with van der Waals surface area (Å²) in [5.74, 6) is -0.741. The molecular weight excluding hydrogens is 527 g/mol. The molecule has 2 aliphatic heterocycles. The van der Waals surface area contributed by atoms with Crippen LogP contribution in [0.15, 0.2) is 42.7 Å². The normalized spacial score (nSPS) is 18.4. The number of hydrogen-bond donors (Lipinski definition) is 0. The molecule has 0 unspecified atom stereocenters. The maximum atomic E-state index is 14.0. The van der Waals surface area contributed by atoms with Crippen molar-refractivity contribution in [3.8, 4) is 6.01 Å². The summed E-state index contributed by atoms with van der Waals surface area (Å²) in [5.41, 5.74) is 2.07. The zero-order valence-corrected chi connectivity index (χ0v) is 21.9. The lowest BCUT2D eigenvalue weighted by atomic mass is 10.1. The molecule has 0 amide bonds. The molecule has 2 fully saturated rings. The van der Waals surface area contributed by atoms with Gasteiger partial charge in [-0.2, -0.15) is 4.98 Å². The summed E-state index contributed by atoms with van der Waals surface area (Å²) in [4.78, 5) is 22.8. The summed E-state index contributed by atoms with van der Waals surface area (Å²) >= 11 is 5.81. The molecule has 0 spiro atoms. The predicted octanol–water partition coefficient (Wildman–Crippen LogP) is 2.99. The standard InChI is InChI=1S/C27H28ClFN6O4/c28-19-3-1-18(22(29)12-19)15-39-27-30-16-35(32-27)20-5-8-33(9-6-20)14-25-31-23-4-2-17(26(36)37)11-24(23)34(25)13-21-7-10-38-21/h1-4,11-12,16,20-21H,5-10,13-15H2,(H,36,37)/p-1/t21-/m0/s1. The number of ether oxygens (including phenoxy) is 2. The molecule has 0 N–H and O–H groups in total. The van der Waals surface area contributed by atoms with Crippen LogP contribution < -0.4 is 9.84 Å². The second kappa shape index (κ2) is 10.9. The van der Waals surface area contributed by atoms with Gasteiger partial charge in [-0.25, -0.2) is 14.1 Å². The fraction of sp³-hybridized carbons (Fsp3) is 0.407. The molecule has 2 aliphatic rings. The lowest BCUT2D eigenvalue weighted by Gasteiger charge is -2.32. The van der Waals surface area contributed by atoms with Crippen molar-refractivity contribution in [2.24, 2.45) is 0 Å². The van der Waals surface area contributed by atoms with E-state index in [4.69, 9.17) is 26.1 Å². The maximum absolute atomic E-state index is 14.0. The number of likely N-dealkylation sites (tertiary alicyclic amines) is 1. The molecule has 2 aromatic carbocycles. The number of carbonyl (C=O) groups is 1. The van der Waals surface area contributed by atoms with Gasteiger partial charge < -0.3 is 23.9 Å². The minimum atomic E-state index is -1.20. The molecule has 6 rings (SSSR count). The van der Waals surface area contributed by atoms with Crippen molar-refractivity contribution in [3.63, 3.8) is 0 Å². The minimum absolute atomic E-state index is 0.0167. The van der Waals surface area contributed by atoms with Gasteiger partial charge in [0.15, 0.2) is 0 Å². The number of carboxylic acids is 1. The van der Waals surface area contributed by atoms with Crippen LogP contribution in [-0.2, 0) is 24.4 Å². The van der Waals surface area contributed by atoms with Crippen LogP contribution in [0.5, 0.6) is 6.01 Å². The molecule has 0 bridgehead atoms. The van der Waals surface area contributed by atoms with Gasteiger partial charge >= 0.3 is 6.01 Å². The molecule has 10 nitrogen and oxygen atoms in total. The second-order valence-electron chi connectivity index (χ2n) is 9.95. The highest BCUT2D eigenvalue weighted by Gasteiger charge is 2.26. The van der Waals surface area contributed by atoms with Crippen LogP contribution in [0.1, 0.15) is 47.1 Å². The van der Waals surface area contributed by atoms with Crippen molar-refractivity contribution in [1.82, 2.24) is 29.2 Å². The number of carboxylic acid groups (broad SMARTS) is 1. The van der Waals surface area contributed by atoms with E-state index in [1.165, 1.54) is 12.1 Å². The van der Waals surface area contributed by atoms with E-state index in [-0.39, 0.29) is 30.3 Å². The number of halogens is 2. The number of aromatic nitrogens is 5. The molecular formula is C27H27ClFN6O4-. The van der Waals surface area contributed by atoms with E-state index in [0.717, 1.165) is 55.8 Å². The van der Waals surface area contributed by atoms with Crippen molar-refractivity contribution in [3.05, 3.63) is 70.5 Å². The van der Waals surface area contributed by atoms with Crippen LogP contribution in [0.3, 0.4) is 0 Å². The summed E-state index contributed by atoms with van der Waals surface area (Å²) in [6.07, 6.45) is 4.48. The van der Waals surface area contributed by atoms with E-state index in [9.17, 15) is 14.3 Å². The first-order valence-corrected chi connectivity index (χ1v) is 13.3. The summed E-state index contributed by atoms with van der Waals surface area (Å²) < 4.78 is 29.2. The quantitative estimate of drug-likeness (QED) is 0.311. The molecule has 2 aromatic heterocycles. The van der Waals surface area contributed by atoms with Crippen LogP contribution in [0.4, 0.5) is 4.39 Å². The number of aromatic carboxylic acids is 1. The Morgan fingerprint density at radius 2 is 2.00 bits per heavy atom. The molecule has 12 heteroatoms. The predicted molar refractivity (Wildman–Crippen MR) is 138 cm³/mol. The van der Waals surface area contributed by atoms with Gasteiger partial charge in [0.25, 0.3) is 0 Å². The third kappa shape index (κ3) is 5.61. The van der Waals surface area contributed by atoms with Crippen LogP contribution in [-0.4, -0.2) is 61.0 Å². The summed E-state index contributed by atoms with van der Waals surface area (Å²) in [6.45, 7) is 3.72. The number of nitrogens with zero attached hydrogens (tertiary/aromatic N) is 6. The number of imidazole rings is 1. The third-order valence-corrected chi connectivity index (χ3v) is 7.63. The molecule has 2 saturated heterocycles. The highest BCUT2D eigenvalue weighted by Crippen LogP contribution is 2.27. The number of rotatable bonds is 9. The lowest BCUT2D eigenvalue weighted by Crippen LogP contribution is -2.36. The summed E-state index contributed by atoms with van der Waals surface area (Å²) in [5, 5.41) is 16.2. The maximum Gasteiger partial charge on any atom is 0.335 e. The second-order valence-corrected chi connectivity index (χ2v) is 10.4. The van der Waals surface area contributed by atoms with Gasteiger partial charge in [-0.15, -0.1) is 5.10 Å². The molecule has 39 heavy (non-hydrogen) atoms. The van der Waals surface area contributed by atoms with Gasteiger partial charge in [0.2, 0.25) is 0 Å². The van der Waals surface area contributed by atoms with Crippen LogP contribution in [0.2, 0.25) is 5.02 Å². The number of hydrogen-bond acceptors (Lipinski definition) is 8. The molecule has 4 aromatic rings. The fourth-order valence-corrected chi connectivity index (χ4v) is 5.24. The minimum Gasteiger partial charge on any atom is -0.545 e. The van der Waals surface area contributed by atoms with Gasteiger partial charge in [-0.1, -0.05) is 23.7 Å². The zero-order valence-electron chi connectivity index (χ0n) is 21.1. The van der Waals surface area contributed by atoms with E-state index in [2.05, 4.69) is 19.5 Å².